The van der Waals surface area contributed by atoms with E-state index >= 15 is 0 Å². The first kappa shape index (κ1) is 25.5. The van der Waals surface area contributed by atoms with Gasteiger partial charge in [0.1, 0.15) is 0 Å². The van der Waals surface area contributed by atoms with Crippen LogP contribution in [0.25, 0.3) is 0 Å². The van der Waals surface area contributed by atoms with E-state index in [0.29, 0.717) is 5.57 Å². The summed E-state index contributed by atoms with van der Waals surface area (Å²) in [4.78, 5) is 27.4. The first-order valence-corrected chi connectivity index (χ1v) is 12.5. The molecule has 3 rings (SSSR count). The highest BCUT2D eigenvalue weighted by Gasteiger charge is 2.40. The third kappa shape index (κ3) is 5.00. The minimum absolute atomic E-state index is 0.000400. The van der Waals surface area contributed by atoms with Gasteiger partial charge in [-0.2, -0.15) is 0 Å². The Hall–Kier alpha value is -3.16. The van der Waals surface area contributed by atoms with Crippen molar-refractivity contribution in [2.45, 2.75) is 38.0 Å². The molecule has 2 aromatic rings. The van der Waals surface area contributed by atoms with Gasteiger partial charge in [0.2, 0.25) is 0 Å². The average Bonchev–Trinajstić information content (AvgIpc) is 3.01. The molecule has 0 aromatic heterocycles. The molecule has 0 saturated heterocycles. The van der Waals surface area contributed by atoms with Crippen LogP contribution in [-0.2, 0) is 15.4 Å². The number of sulfonamides is 1. The molecule has 0 radical (unpaired) electrons. The second-order valence-corrected chi connectivity index (χ2v) is 11.0. The lowest BCUT2D eigenvalue weighted by molar-refractivity contribution is 0.0669. The molecule has 6 nitrogen and oxygen atoms in total. The van der Waals surface area contributed by atoms with Gasteiger partial charge in [0.05, 0.1) is 33.3 Å². The summed E-state index contributed by atoms with van der Waals surface area (Å²) >= 11 is 6.25. The van der Waals surface area contributed by atoms with Gasteiger partial charge in [-0.1, -0.05) is 75.4 Å². The molecule has 34 heavy (non-hydrogen) atoms. The van der Waals surface area contributed by atoms with Crippen molar-refractivity contribution < 1.29 is 18.0 Å². The van der Waals surface area contributed by atoms with E-state index in [9.17, 15) is 18.0 Å². The quantitative estimate of drug-likeness (QED) is 0.390. The van der Waals surface area contributed by atoms with Crippen molar-refractivity contribution >= 4 is 39.1 Å². The van der Waals surface area contributed by atoms with Crippen LogP contribution < -0.4 is 4.72 Å². The van der Waals surface area contributed by atoms with Gasteiger partial charge in [-0.3, -0.25) is 19.2 Å². The lowest BCUT2D eigenvalue weighted by atomic mass is 9.87. The average molecular weight is 499 g/mol. The molecule has 2 amide bonds. The number of rotatable bonds is 7. The molecule has 0 saturated carbocycles. The van der Waals surface area contributed by atoms with E-state index in [1.807, 2.05) is 27.7 Å². The van der Waals surface area contributed by atoms with E-state index in [-0.39, 0.29) is 38.7 Å². The van der Waals surface area contributed by atoms with Crippen LogP contribution in [0.5, 0.6) is 0 Å². The topological polar surface area (TPSA) is 83.6 Å². The van der Waals surface area contributed by atoms with Crippen molar-refractivity contribution in [3.05, 3.63) is 94.6 Å². The molecule has 8 heteroatoms. The number of carbonyl (C=O) groups is 2. The highest BCUT2D eigenvalue weighted by atomic mass is 35.5. The lowest BCUT2D eigenvalue weighted by Crippen LogP contribution is -2.31. The summed E-state index contributed by atoms with van der Waals surface area (Å²) in [5.74, 6) is -1.21. The number of halogens is 1. The fourth-order valence-electron chi connectivity index (χ4n) is 3.65. The Morgan fingerprint density at radius 2 is 1.68 bits per heavy atom. The number of hydrogen-bond donors (Lipinski definition) is 1. The van der Waals surface area contributed by atoms with Crippen molar-refractivity contribution in [3.63, 3.8) is 0 Å². The molecule has 2 aromatic carbocycles. The second kappa shape index (κ2) is 9.60. The molecule has 1 N–H and O–H groups in total. The fraction of sp³-hybridized carbons (Fsp3) is 0.231. The Morgan fingerprint density at radius 3 is 2.24 bits per heavy atom. The fourth-order valence-corrected chi connectivity index (χ4v) is 4.96. The molecule has 0 spiro atoms. The number of hydrogen-bond acceptors (Lipinski definition) is 4. The zero-order valence-electron chi connectivity index (χ0n) is 19.6. The first-order valence-electron chi connectivity index (χ1n) is 10.7. The maximum atomic E-state index is 13.2. The van der Waals surface area contributed by atoms with Gasteiger partial charge >= 0.3 is 0 Å². The van der Waals surface area contributed by atoms with E-state index in [4.69, 9.17) is 11.6 Å². The number of imide groups is 1. The van der Waals surface area contributed by atoms with Crippen molar-refractivity contribution in [2.75, 3.05) is 11.3 Å². The number of nitrogens with zero attached hydrogens (tertiary/aromatic N) is 1. The number of benzene rings is 2. The maximum Gasteiger partial charge on any atom is 0.264 e. The van der Waals surface area contributed by atoms with Crippen molar-refractivity contribution in [2.24, 2.45) is 0 Å². The van der Waals surface area contributed by atoms with Crippen LogP contribution in [0.4, 0.5) is 5.69 Å². The second-order valence-electron chi connectivity index (χ2n) is 8.90. The first-order chi connectivity index (χ1) is 15.9. The van der Waals surface area contributed by atoms with Gasteiger partial charge in [0.25, 0.3) is 21.8 Å². The monoisotopic (exact) mass is 498 g/mol. The number of nitrogens with one attached hydrogen (secondary N) is 1. The van der Waals surface area contributed by atoms with Crippen LogP contribution in [0.1, 0.15) is 54.0 Å². The third-order valence-corrected chi connectivity index (χ3v) is 7.10. The van der Waals surface area contributed by atoms with E-state index in [2.05, 4.69) is 11.3 Å². The normalized spacial score (nSPS) is 14.6. The van der Waals surface area contributed by atoms with Crippen LogP contribution >= 0.6 is 11.6 Å². The maximum absolute atomic E-state index is 13.2. The molecule has 0 fully saturated rings. The summed E-state index contributed by atoms with van der Waals surface area (Å²) < 4.78 is 28.6. The third-order valence-electron chi connectivity index (χ3n) is 5.40. The van der Waals surface area contributed by atoms with Gasteiger partial charge < -0.3 is 0 Å². The number of allylic oxidation sites excluding steroid dienone is 3. The summed E-state index contributed by atoms with van der Waals surface area (Å²) in [6, 6.07) is 9.34. The predicted molar refractivity (Wildman–Crippen MR) is 136 cm³/mol. The van der Waals surface area contributed by atoms with Gasteiger partial charge in [-0.05, 0) is 47.7 Å². The minimum Gasteiger partial charge on any atom is -0.279 e. The van der Waals surface area contributed by atoms with Crippen LogP contribution in [0, 0.1) is 0 Å². The number of carbonyl (C=O) groups excluding carboxylic acids is 2. The Bertz CT molecular complexity index is 1320. The number of amides is 2. The molecule has 0 aliphatic carbocycles. The van der Waals surface area contributed by atoms with Gasteiger partial charge in [0, 0.05) is 0 Å². The molecule has 1 aliphatic heterocycles. The van der Waals surface area contributed by atoms with Crippen LogP contribution in [0.3, 0.4) is 0 Å². The molecule has 1 heterocycles. The standard InChI is InChI=1S/C26H27ClN2O4S/c1-6-8-17(9-7-2)16-29-24(30)22-20(27)14-15-21(23(22)25(29)31)28-34(32,33)19-12-10-18(11-13-19)26(3,4)5/h6-15,28H,1,16H2,2-5H3/b9-7-,17-8+. The zero-order valence-corrected chi connectivity index (χ0v) is 21.1. The Balaban J connectivity index is 1.99. The number of anilines is 1. The minimum atomic E-state index is -4.02. The smallest absolute Gasteiger partial charge is 0.264 e. The predicted octanol–water partition coefficient (Wildman–Crippen LogP) is 5.72. The van der Waals surface area contributed by atoms with Gasteiger partial charge in [-0.25, -0.2) is 8.42 Å². The van der Waals surface area contributed by atoms with Gasteiger partial charge in [-0.15, -0.1) is 0 Å². The number of fused-ring (bicyclic) bond motifs is 1. The molecular weight excluding hydrogens is 472 g/mol. The van der Waals surface area contributed by atoms with Crippen molar-refractivity contribution in [1.29, 1.82) is 0 Å². The highest BCUT2D eigenvalue weighted by molar-refractivity contribution is 7.92. The van der Waals surface area contributed by atoms with E-state index < -0.39 is 21.8 Å². The lowest BCUT2D eigenvalue weighted by Gasteiger charge is -2.19. The largest absolute Gasteiger partial charge is 0.279 e. The van der Waals surface area contributed by atoms with Crippen LogP contribution in [0.2, 0.25) is 5.02 Å². The van der Waals surface area contributed by atoms with Crippen molar-refractivity contribution in [1.82, 2.24) is 4.90 Å². The van der Waals surface area contributed by atoms with E-state index in [1.54, 1.807) is 36.4 Å². The summed E-state index contributed by atoms with van der Waals surface area (Å²) in [5.41, 5.74) is 1.46. The van der Waals surface area contributed by atoms with E-state index in [0.717, 1.165) is 10.5 Å². The van der Waals surface area contributed by atoms with Gasteiger partial charge in [0.15, 0.2) is 0 Å². The van der Waals surface area contributed by atoms with Crippen LogP contribution in [0.15, 0.2) is 77.7 Å². The van der Waals surface area contributed by atoms with Crippen LogP contribution in [-0.4, -0.2) is 31.7 Å². The Morgan fingerprint density at radius 1 is 1.06 bits per heavy atom. The summed E-state index contributed by atoms with van der Waals surface area (Å²) in [6.07, 6.45) is 6.80. The SMILES string of the molecule is C=C/C=C(\C=C/C)CN1C(=O)c2c(Cl)ccc(NS(=O)(=O)c3ccc(C(C)(C)C)cc3)c2C1=O. The molecule has 178 valence electrons. The molecular formula is C26H27ClN2O4S. The molecule has 0 atom stereocenters. The molecule has 1 aliphatic rings. The Kier molecular flexibility index (Phi) is 7.19. The summed E-state index contributed by atoms with van der Waals surface area (Å²) in [5, 5.41) is 0.0774. The summed E-state index contributed by atoms with van der Waals surface area (Å²) in [7, 11) is -4.02. The highest BCUT2D eigenvalue weighted by Crippen LogP contribution is 2.36. The molecule has 0 unspecified atom stereocenters. The molecule has 0 bridgehead atoms. The zero-order chi connectivity index (χ0) is 25.3. The van der Waals surface area contributed by atoms with E-state index in [1.165, 1.54) is 24.3 Å². The Labute approximate surface area is 205 Å². The van der Waals surface area contributed by atoms with Crippen molar-refractivity contribution in [3.8, 4) is 0 Å². The summed E-state index contributed by atoms with van der Waals surface area (Å²) in [6.45, 7) is 11.6.